The lowest BCUT2D eigenvalue weighted by atomic mass is 9.78. The molecule has 3 rings (SSSR count). The highest BCUT2D eigenvalue weighted by Crippen LogP contribution is 2.36. The van der Waals surface area contributed by atoms with Crippen molar-refractivity contribution < 1.29 is 19.1 Å². The molecule has 6 heteroatoms. The standard InChI is InChI=1S/C22H32N2O4/c1-3-28-22(12-6-7-17(2)15-22)21(26)23-18-8-10-19(11-9-18)27-16-20(25)24-13-4-5-14-24/h8-11,17H,3-7,12-16H2,1-2H3,(H,23,26). The van der Waals surface area contributed by atoms with E-state index in [9.17, 15) is 9.59 Å². The molecule has 154 valence electrons. The third kappa shape index (κ3) is 5.04. The lowest BCUT2D eigenvalue weighted by Gasteiger charge is -2.38. The number of ether oxygens (including phenoxy) is 2. The zero-order valence-electron chi connectivity index (χ0n) is 17.0. The second-order valence-electron chi connectivity index (χ2n) is 7.98. The SMILES string of the molecule is CCOC1(C(=O)Nc2ccc(OCC(=O)N3CCCC3)cc2)CCCC(C)C1. The number of likely N-dealkylation sites (tertiary alicyclic amines) is 1. The summed E-state index contributed by atoms with van der Waals surface area (Å²) in [6, 6.07) is 7.17. The van der Waals surface area contributed by atoms with Crippen LogP contribution in [0.15, 0.2) is 24.3 Å². The molecule has 2 unspecified atom stereocenters. The summed E-state index contributed by atoms with van der Waals surface area (Å²) in [4.78, 5) is 26.9. The van der Waals surface area contributed by atoms with E-state index in [1.807, 2.05) is 11.8 Å². The monoisotopic (exact) mass is 388 g/mol. The molecular formula is C22H32N2O4. The van der Waals surface area contributed by atoms with Gasteiger partial charge in [-0.3, -0.25) is 9.59 Å². The first-order chi connectivity index (χ1) is 13.5. The van der Waals surface area contributed by atoms with Crippen LogP contribution < -0.4 is 10.1 Å². The summed E-state index contributed by atoms with van der Waals surface area (Å²) in [6.07, 6.45) is 5.81. The highest BCUT2D eigenvalue weighted by Gasteiger charge is 2.42. The molecule has 0 radical (unpaired) electrons. The van der Waals surface area contributed by atoms with E-state index in [0.717, 1.165) is 51.6 Å². The van der Waals surface area contributed by atoms with Crippen molar-refractivity contribution in [3.8, 4) is 5.75 Å². The summed E-state index contributed by atoms with van der Waals surface area (Å²) < 4.78 is 11.5. The molecular weight excluding hydrogens is 356 g/mol. The smallest absolute Gasteiger partial charge is 0.260 e. The Hall–Kier alpha value is -2.08. The number of carbonyl (C=O) groups excluding carboxylic acids is 2. The minimum Gasteiger partial charge on any atom is -0.484 e. The highest BCUT2D eigenvalue weighted by atomic mass is 16.5. The van der Waals surface area contributed by atoms with Crippen LogP contribution >= 0.6 is 0 Å². The number of anilines is 1. The predicted octanol–water partition coefficient (Wildman–Crippen LogP) is 3.61. The highest BCUT2D eigenvalue weighted by molar-refractivity contribution is 5.97. The fourth-order valence-electron chi connectivity index (χ4n) is 4.26. The summed E-state index contributed by atoms with van der Waals surface area (Å²) >= 11 is 0. The van der Waals surface area contributed by atoms with Gasteiger partial charge in [-0.15, -0.1) is 0 Å². The average Bonchev–Trinajstić information content (AvgIpc) is 3.22. The number of nitrogens with one attached hydrogen (secondary N) is 1. The lowest BCUT2D eigenvalue weighted by Crippen LogP contribution is -2.48. The molecule has 0 spiro atoms. The molecule has 2 fully saturated rings. The molecule has 28 heavy (non-hydrogen) atoms. The molecule has 1 aromatic rings. The van der Waals surface area contributed by atoms with Gasteiger partial charge in [-0.05, 0) is 69.2 Å². The average molecular weight is 389 g/mol. The van der Waals surface area contributed by atoms with E-state index in [1.165, 1.54) is 0 Å². The van der Waals surface area contributed by atoms with Gasteiger partial charge in [-0.25, -0.2) is 0 Å². The number of hydrogen-bond donors (Lipinski definition) is 1. The second kappa shape index (κ2) is 9.41. The van der Waals surface area contributed by atoms with Crippen molar-refractivity contribution in [1.29, 1.82) is 0 Å². The third-order valence-corrected chi connectivity index (χ3v) is 5.72. The van der Waals surface area contributed by atoms with E-state index in [2.05, 4.69) is 12.2 Å². The van der Waals surface area contributed by atoms with E-state index < -0.39 is 5.60 Å². The molecule has 1 N–H and O–H groups in total. The molecule has 1 saturated heterocycles. The van der Waals surface area contributed by atoms with Gasteiger partial charge in [0.05, 0.1) is 0 Å². The van der Waals surface area contributed by atoms with Crippen molar-refractivity contribution in [2.45, 2.75) is 58.0 Å². The van der Waals surface area contributed by atoms with Crippen LogP contribution in [0.1, 0.15) is 52.4 Å². The fraction of sp³-hybridized carbons (Fsp3) is 0.636. The van der Waals surface area contributed by atoms with Gasteiger partial charge in [0, 0.05) is 25.4 Å². The lowest BCUT2D eigenvalue weighted by molar-refractivity contribution is -0.147. The number of rotatable bonds is 7. The predicted molar refractivity (Wildman–Crippen MR) is 108 cm³/mol. The maximum atomic E-state index is 13.0. The Bertz CT molecular complexity index is 666. The number of benzene rings is 1. The summed E-state index contributed by atoms with van der Waals surface area (Å²) in [5, 5.41) is 3.00. The zero-order valence-corrected chi connectivity index (χ0v) is 17.0. The zero-order chi connectivity index (χ0) is 20.0. The van der Waals surface area contributed by atoms with E-state index in [4.69, 9.17) is 9.47 Å². The number of nitrogens with zero attached hydrogens (tertiary/aromatic N) is 1. The van der Waals surface area contributed by atoms with Crippen LogP contribution in [-0.4, -0.2) is 48.6 Å². The molecule has 2 aliphatic rings. The summed E-state index contributed by atoms with van der Waals surface area (Å²) in [5.41, 5.74) is -0.0236. The van der Waals surface area contributed by atoms with Gasteiger partial charge in [0.1, 0.15) is 11.4 Å². The van der Waals surface area contributed by atoms with Gasteiger partial charge < -0.3 is 19.7 Å². The van der Waals surface area contributed by atoms with Gasteiger partial charge in [0.15, 0.2) is 6.61 Å². The van der Waals surface area contributed by atoms with Crippen LogP contribution in [0, 0.1) is 5.92 Å². The van der Waals surface area contributed by atoms with Crippen LogP contribution in [0.4, 0.5) is 5.69 Å². The molecule has 0 aromatic heterocycles. The maximum absolute atomic E-state index is 13.0. The maximum Gasteiger partial charge on any atom is 0.260 e. The van der Waals surface area contributed by atoms with Crippen molar-refractivity contribution >= 4 is 17.5 Å². The van der Waals surface area contributed by atoms with Gasteiger partial charge in [-0.2, -0.15) is 0 Å². The van der Waals surface area contributed by atoms with Gasteiger partial charge in [0.25, 0.3) is 11.8 Å². The molecule has 2 amide bonds. The van der Waals surface area contributed by atoms with E-state index >= 15 is 0 Å². The number of amides is 2. The first-order valence-corrected chi connectivity index (χ1v) is 10.5. The first-order valence-electron chi connectivity index (χ1n) is 10.5. The molecule has 0 bridgehead atoms. The molecule has 1 aliphatic carbocycles. The molecule has 1 aliphatic heterocycles. The van der Waals surface area contributed by atoms with E-state index in [0.29, 0.717) is 24.0 Å². The van der Waals surface area contributed by atoms with E-state index in [-0.39, 0.29) is 18.4 Å². The Morgan fingerprint density at radius 3 is 2.54 bits per heavy atom. The summed E-state index contributed by atoms with van der Waals surface area (Å²) in [5.74, 6) is 1.06. The summed E-state index contributed by atoms with van der Waals surface area (Å²) in [6.45, 7) is 6.34. The van der Waals surface area contributed by atoms with Crippen molar-refractivity contribution in [1.82, 2.24) is 4.90 Å². The van der Waals surface area contributed by atoms with Gasteiger partial charge >= 0.3 is 0 Å². The van der Waals surface area contributed by atoms with Crippen molar-refractivity contribution in [3.63, 3.8) is 0 Å². The molecule has 1 saturated carbocycles. The first kappa shape index (κ1) is 20.6. The minimum absolute atomic E-state index is 0.0277. The van der Waals surface area contributed by atoms with Crippen molar-refractivity contribution in [2.75, 3.05) is 31.6 Å². The topological polar surface area (TPSA) is 67.9 Å². The Morgan fingerprint density at radius 1 is 1.18 bits per heavy atom. The quantitative estimate of drug-likeness (QED) is 0.775. The Labute approximate surface area is 167 Å². The normalized spacial score (nSPS) is 24.8. The van der Waals surface area contributed by atoms with Gasteiger partial charge in [-0.1, -0.05) is 13.3 Å². The molecule has 1 aromatic carbocycles. The molecule has 2 atom stereocenters. The Balaban J connectivity index is 1.55. The van der Waals surface area contributed by atoms with E-state index in [1.54, 1.807) is 24.3 Å². The van der Waals surface area contributed by atoms with Gasteiger partial charge in [0.2, 0.25) is 0 Å². The molecule has 1 heterocycles. The number of hydrogen-bond acceptors (Lipinski definition) is 4. The van der Waals surface area contributed by atoms with Crippen LogP contribution in [0.2, 0.25) is 0 Å². The van der Waals surface area contributed by atoms with Crippen LogP contribution in [0.5, 0.6) is 5.75 Å². The summed E-state index contributed by atoms with van der Waals surface area (Å²) in [7, 11) is 0. The number of carbonyl (C=O) groups is 2. The minimum atomic E-state index is -0.732. The van der Waals surface area contributed by atoms with Crippen molar-refractivity contribution in [2.24, 2.45) is 5.92 Å². The largest absolute Gasteiger partial charge is 0.484 e. The second-order valence-corrected chi connectivity index (χ2v) is 7.98. The van der Waals surface area contributed by atoms with Crippen LogP contribution in [-0.2, 0) is 14.3 Å². The third-order valence-electron chi connectivity index (χ3n) is 5.72. The van der Waals surface area contributed by atoms with Crippen molar-refractivity contribution in [3.05, 3.63) is 24.3 Å². The molecule has 6 nitrogen and oxygen atoms in total. The fourth-order valence-corrected chi connectivity index (χ4v) is 4.26. The Morgan fingerprint density at radius 2 is 1.89 bits per heavy atom. The Kier molecular flexibility index (Phi) is 6.94. The van der Waals surface area contributed by atoms with Crippen LogP contribution in [0.25, 0.3) is 0 Å². The van der Waals surface area contributed by atoms with Crippen LogP contribution in [0.3, 0.4) is 0 Å².